The van der Waals surface area contributed by atoms with Crippen molar-refractivity contribution in [2.75, 3.05) is 16.8 Å². The maximum Gasteiger partial charge on any atom is 0.244 e. The molecule has 0 saturated carbocycles. The number of anilines is 2. The number of nitrogens with one attached hydrogen (secondary N) is 1. The number of hydrogen-bond acceptors (Lipinski definition) is 3. The van der Waals surface area contributed by atoms with E-state index >= 15 is 0 Å². The van der Waals surface area contributed by atoms with Crippen LogP contribution >= 0.6 is 0 Å². The minimum absolute atomic E-state index is 0.0724. The SMILES string of the molecule is CC(=O)c1cccc(NC(=O)CN(C(C)=O)c2cc(C)ccc2C)c1. The first-order valence-electron chi connectivity index (χ1n) is 8.04. The Morgan fingerprint density at radius 3 is 2.36 bits per heavy atom. The highest BCUT2D eigenvalue weighted by molar-refractivity contribution is 6.03. The van der Waals surface area contributed by atoms with Crippen LogP contribution in [0.5, 0.6) is 0 Å². The first-order chi connectivity index (χ1) is 11.8. The highest BCUT2D eigenvalue weighted by Gasteiger charge is 2.18. The predicted octanol–water partition coefficient (Wildman–Crippen LogP) is 3.50. The molecule has 0 radical (unpaired) electrons. The molecule has 0 aliphatic heterocycles. The second kappa shape index (κ2) is 7.75. The molecule has 0 spiro atoms. The van der Waals surface area contributed by atoms with Crippen molar-refractivity contribution in [3.63, 3.8) is 0 Å². The maximum atomic E-state index is 12.4. The summed E-state index contributed by atoms with van der Waals surface area (Å²) in [4.78, 5) is 37.3. The van der Waals surface area contributed by atoms with E-state index in [1.54, 1.807) is 24.3 Å². The number of hydrogen-bond donors (Lipinski definition) is 1. The molecule has 5 nitrogen and oxygen atoms in total. The van der Waals surface area contributed by atoms with Crippen molar-refractivity contribution < 1.29 is 14.4 Å². The normalized spacial score (nSPS) is 10.2. The fraction of sp³-hybridized carbons (Fsp3) is 0.250. The Hall–Kier alpha value is -2.95. The highest BCUT2D eigenvalue weighted by atomic mass is 16.2. The maximum absolute atomic E-state index is 12.4. The van der Waals surface area contributed by atoms with Crippen molar-refractivity contribution >= 4 is 29.0 Å². The lowest BCUT2D eigenvalue weighted by molar-refractivity contribution is -0.120. The molecule has 2 aromatic rings. The summed E-state index contributed by atoms with van der Waals surface area (Å²) in [5, 5.41) is 2.74. The smallest absolute Gasteiger partial charge is 0.244 e. The molecule has 130 valence electrons. The van der Waals surface area contributed by atoms with Crippen LogP contribution in [0, 0.1) is 13.8 Å². The van der Waals surface area contributed by atoms with Gasteiger partial charge in [0.1, 0.15) is 6.54 Å². The molecule has 0 fully saturated rings. The zero-order valence-electron chi connectivity index (χ0n) is 14.9. The zero-order valence-corrected chi connectivity index (χ0v) is 14.9. The number of Topliss-reactive ketones (excluding diaryl/α,β-unsaturated/α-hetero) is 1. The lowest BCUT2D eigenvalue weighted by atomic mass is 10.1. The third-order valence-corrected chi connectivity index (χ3v) is 3.89. The van der Waals surface area contributed by atoms with Crippen LogP contribution in [0.1, 0.15) is 35.3 Å². The average molecular weight is 338 g/mol. The van der Waals surface area contributed by atoms with Crippen LogP contribution in [0.25, 0.3) is 0 Å². The van der Waals surface area contributed by atoms with Gasteiger partial charge in [0.2, 0.25) is 11.8 Å². The third kappa shape index (κ3) is 4.76. The van der Waals surface area contributed by atoms with Crippen LogP contribution in [0.2, 0.25) is 0 Å². The van der Waals surface area contributed by atoms with Crippen molar-refractivity contribution in [1.82, 2.24) is 0 Å². The molecule has 0 aromatic heterocycles. The van der Waals surface area contributed by atoms with E-state index in [2.05, 4.69) is 5.32 Å². The summed E-state index contributed by atoms with van der Waals surface area (Å²) in [7, 11) is 0. The van der Waals surface area contributed by atoms with Crippen LogP contribution < -0.4 is 10.2 Å². The number of ketones is 1. The Morgan fingerprint density at radius 2 is 1.72 bits per heavy atom. The van der Waals surface area contributed by atoms with Gasteiger partial charge in [0.05, 0.1) is 0 Å². The van der Waals surface area contributed by atoms with Gasteiger partial charge in [-0.2, -0.15) is 0 Å². The topological polar surface area (TPSA) is 66.5 Å². The van der Waals surface area contributed by atoms with Gasteiger partial charge < -0.3 is 10.2 Å². The molecule has 0 bridgehead atoms. The van der Waals surface area contributed by atoms with E-state index in [9.17, 15) is 14.4 Å². The van der Waals surface area contributed by atoms with Gasteiger partial charge in [-0.15, -0.1) is 0 Å². The van der Waals surface area contributed by atoms with E-state index in [-0.39, 0.29) is 24.1 Å². The molecule has 0 saturated heterocycles. The summed E-state index contributed by atoms with van der Waals surface area (Å²) in [5.41, 5.74) is 3.71. The number of carbonyl (C=O) groups is 3. The molecule has 5 heteroatoms. The fourth-order valence-corrected chi connectivity index (χ4v) is 2.54. The minimum atomic E-state index is -0.322. The molecule has 1 N–H and O–H groups in total. The summed E-state index contributed by atoms with van der Waals surface area (Å²) in [6.45, 7) is 6.65. The third-order valence-electron chi connectivity index (χ3n) is 3.89. The Morgan fingerprint density at radius 1 is 1.00 bits per heavy atom. The molecule has 0 aliphatic carbocycles. The van der Waals surface area contributed by atoms with E-state index in [1.165, 1.54) is 18.7 Å². The standard InChI is InChI=1S/C20H22N2O3/c1-13-8-9-14(2)19(10-13)22(16(4)24)12-20(25)21-18-7-5-6-17(11-18)15(3)23/h5-11H,12H2,1-4H3,(H,21,25). The fourth-order valence-electron chi connectivity index (χ4n) is 2.54. The molecular weight excluding hydrogens is 316 g/mol. The predicted molar refractivity (Wildman–Crippen MR) is 99.0 cm³/mol. The van der Waals surface area contributed by atoms with Gasteiger partial charge in [-0.1, -0.05) is 24.3 Å². The van der Waals surface area contributed by atoms with Crippen LogP contribution in [-0.4, -0.2) is 24.1 Å². The summed E-state index contributed by atoms with van der Waals surface area (Å²) >= 11 is 0. The van der Waals surface area contributed by atoms with Gasteiger partial charge in [0.25, 0.3) is 0 Å². The summed E-state index contributed by atoms with van der Waals surface area (Å²) < 4.78 is 0. The van der Waals surface area contributed by atoms with Crippen molar-refractivity contribution in [2.45, 2.75) is 27.7 Å². The molecule has 0 unspecified atom stereocenters. The summed E-state index contributed by atoms with van der Waals surface area (Å²) in [5.74, 6) is -0.602. The highest BCUT2D eigenvalue weighted by Crippen LogP contribution is 2.22. The van der Waals surface area contributed by atoms with Crippen LogP contribution in [0.4, 0.5) is 11.4 Å². The van der Waals surface area contributed by atoms with Crippen LogP contribution in [-0.2, 0) is 9.59 Å². The average Bonchev–Trinajstić information content (AvgIpc) is 2.55. The van der Waals surface area contributed by atoms with E-state index in [4.69, 9.17) is 0 Å². The van der Waals surface area contributed by atoms with E-state index in [1.807, 2.05) is 32.0 Å². The molecule has 2 rings (SSSR count). The minimum Gasteiger partial charge on any atom is -0.325 e. The Kier molecular flexibility index (Phi) is 5.70. The molecule has 0 atom stereocenters. The van der Waals surface area contributed by atoms with E-state index in [0.717, 1.165) is 16.8 Å². The summed E-state index contributed by atoms with van der Waals surface area (Å²) in [6, 6.07) is 12.5. The molecule has 0 aliphatic rings. The van der Waals surface area contributed by atoms with Gasteiger partial charge in [-0.05, 0) is 50.1 Å². The Bertz CT molecular complexity index is 827. The number of rotatable bonds is 5. The molecule has 2 aromatic carbocycles. The van der Waals surface area contributed by atoms with Gasteiger partial charge in [-0.3, -0.25) is 14.4 Å². The lowest BCUT2D eigenvalue weighted by Crippen LogP contribution is -2.37. The number of amides is 2. The lowest BCUT2D eigenvalue weighted by Gasteiger charge is -2.23. The molecule has 0 heterocycles. The quantitative estimate of drug-likeness (QED) is 0.849. The molecule has 25 heavy (non-hydrogen) atoms. The number of aryl methyl sites for hydroxylation is 2. The Balaban J connectivity index is 2.18. The van der Waals surface area contributed by atoms with E-state index < -0.39 is 0 Å². The first-order valence-corrected chi connectivity index (χ1v) is 8.04. The largest absolute Gasteiger partial charge is 0.325 e. The second-order valence-corrected chi connectivity index (χ2v) is 6.08. The molecule has 2 amide bonds. The number of nitrogens with zero attached hydrogens (tertiary/aromatic N) is 1. The van der Waals surface area contributed by atoms with Gasteiger partial charge in [0, 0.05) is 23.9 Å². The van der Waals surface area contributed by atoms with Crippen LogP contribution in [0.3, 0.4) is 0 Å². The van der Waals surface area contributed by atoms with Gasteiger partial charge in [0.15, 0.2) is 5.78 Å². The van der Waals surface area contributed by atoms with Crippen LogP contribution in [0.15, 0.2) is 42.5 Å². The first kappa shape index (κ1) is 18.4. The van der Waals surface area contributed by atoms with Crippen molar-refractivity contribution in [3.05, 3.63) is 59.2 Å². The van der Waals surface area contributed by atoms with E-state index in [0.29, 0.717) is 11.3 Å². The molecular formula is C20H22N2O3. The van der Waals surface area contributed by atoms with Crippen molar-refractivity contribution in [1.29, 1.82) is 0 Å². The monoisotopic (exact) mass is 338 g/mol. The Labute approximate surface area is 147 Å². The zero-order chi connectivity index (χ0) is 18.6. The number of benzene rings is 2. The van der Waals surface area contributed by atoms with Crippen molar-refractivity contribution in [2.24, 2.45) is 0 Å². The van der Waals surface area contributed by atoms with Crippen molar-refractivity contribution in [3.8, 4) is 0 Å². The van der Waals surface area contributed by atoms with Gasteiger partial charge >= 0.3 is 0 Å². The van der Waals surface area contributed by atoms with Gasteiger partial charge in [-0.25, -0.2) is 0 Å². The second-order valence-electron chi connectivity index (χ2n) is 6.08. The number of carbonyl (C=O) groups excluding carboxylic acids is 3. The summed E-state index contributed by atoms with van der Waals surface area (Å²) in [6.07, 6.45) is 0.